The van der Waals surface area contributed by atoms with Crippen LogP contribution >= 0.6 is 8.60 Å². The Kier molecular flexibility index (Phi) is 19.7. The molecule has 2 unspecified atom stereocenters. The van der Waals surface area contributed by atoms with Crippen LogP contribution in [0.5, 0.6) is 5.75 Å². The van der Waals surface area contributed by atoms with Crippen molar-refractivity contribution >= 4 is 14.6 Å². The Labute approximate surface area is 233 Å². The normalized spacial score (nSPS) is 13.3. The van der Waals surface area contributed by atoms with E-state index < -0.39 is 20.7 Å². The molecule has 0 aromatic heterocycles. The van der Waals surface area contributed by atoms with Crippen LogP contribution < -0.4 is 4.74 Å². The number of nitrogens with zero attached hydrogens (tertiary/aromatic N) is 1. The number of carbonyl (C=O) groups is 1. The Morgan fingerprint density at radius 3 is 1.92 bits per heavy atom. The van der Waals surface area contributed by atoms with Gasteiger partial charge in [0.25, 0.3) is 0 Å². The molecule has 0 saturated carbocycles. The number of hydrogen-bond donors (Lipinski definition) is 1. The molecular weight excluding hydrogens is 501 g/mol. The highest BCUT2D eigenvalue weighted by molar-refractivity contribution is 7.40. The SMILES string of the molecule is CCCCCCCCCCCCCCc1ccc(OCC(COP(O)OCC[N+](C)(C)C)OC(C)=O)cc1. The fourth-order valence-electron chi connectivity index (χ4n) is 4.04. The van der Waals surface area contributed by atoms with Gasteiger partial charge in [-0.05, 0) is 30.5 Å². The third-order valence-electron chi connectivity index (χ3n) is 6.35. The first-order valence-electron chi connectivity index (χ1n) is 14.6. The van der Waals surface area contributed by atoms with Crippen LogP contribution in [-0.2, 0) is 25.0 Å². The maximum atomic E-state index is 11.5. The maximum absolute atomic E-state index is 11.5. The first-order valence-corrected chi connectivity index (χ1v) is 15.8. The zero-order chi connectivity index (χ0) is 28.1. The van der Waals surface area contributed by atoms with Crippen molar-refractivity contribution in [2.45, 2.75) is 103 Å². The summed E-state index contributed by atoms with van der Waals surface area (Å²) in [7, 11) is 4.10. The lowest BCUT2D eigenvalue weighted by Crippen LogP contribution is -2.37. The summed E-state index contributed by atoms with van der Waals surface area (Å²) < 4.78 is 22.5. The third-order valence-corrected chi connectivity index (χ3v) is 7.12. The van der Waals surface area contributed by atoms with Gasteiger partial charge >= 0.3 is 14.6 Å². The lowest BCUT2D eigenvalue weighted by molar-refractivity contribution is -0.870. The second-order valence-corrected chi connectivity index (χ2v) is 12.2. The summed E-state index contributed by atoms with van der Waals surface area (Å²) in [5.41, 5.74) is 1.31. The van der Waals surface area contributed by atoms with Crippen molar-refractivity contribution < 1.29 is 32.7 Å². The van der Waals surface area contributed by atoms with Crippen molar-refractivity contribution in [3.05, 3.63) is 29.8 Å². The van der Waals surface area contributed by atoms with Crippen LogP contribution in [0.25, 0.3) is 0 Å². The van der Waals surface area contributed by atoms with Gasteiger partial charge in [0.15, 0.2) is 6.10 Å². The molecule has 0 radical (unpaired) electrons. The number of rotatable bonds is 24. The highest BCUT2D eigenvalue weighted by atomic mass is 31.2. The number of aryl methyl sites for hydroxylation is 1. The van der Waals surface area contributed by atoms with Crippen LogP contribution in [0.3, 0.4) is 0 Å². The molecule has 0 bridgehead atoms. The predicted octanol–water partition coefficient (Wildman–Crippen LogP) is 7.20. The summed E-state index contributed by atoms with van der Waals surface area (Å²) >= 11 is 0. The highest BCUT2D eigenvalue weighted by Gasteiger charge is 2.18. The molecule has 0 aliphatic heterocycles. The van der Waals surface area contributed by atoms with Crippen molar-refractivity contribution in [2.24, 2.45) is 0 Å². The molecule has 1 rings (SSSR count). The molecule has 7 nitrogen and oxygen atoms in total. The first-order chi connectivity index (χ1) is 18.2. The average molecular weight is 557 g/mol. The lowest BCUT2D eigenvalue weighted by Gasteiger charge is -2.24. The maximum Gasteiger partial charge on any atom is 0.330 e. The van der Waals surface area contributed by atoms with Gasteiger partial charge < -0.3 is 27.9 Å². The second-order valence-electron chi connectivity index (χ2n) is 11.2. The largest absolute Gasteiger partial charge is 0.490 e. The fourth-order valence-corrected chi connectivity index (χ4v) is 4.65. The van der Waals surface area contributed by atoms with Gasteiger partial charge in [-0.2, -0.15) is 0 Å². The summed E-state index contributed by atoms with van der Waals surface area (Å²) in [4.78, 5) is 21.4. The van der Waals surface area contributed by atoms with E-state index in [4.69, 9.17) is 18.5 Å². The van der Waals surface area contributed by atoms with Gasteiger partial charge in [0.1, 0.15) is 25.5 Å². The van der Waals surface area contributed by atoms with Crippen LogP contribution in [0.2, 0.25) is 0 Å². The van der Waals surface area contributed by atoms with Gasteiger partial charge in [-0.3, -0.25) is 4.79 Å². The molecule has 0 amide bonds. The number of carbonyl (C=O) groups excluding carboxylic acids is 1. The number of benzene rings is 1. The minimum absolute atomic E-state index is 0.00318. The summed E-state index contributed by atoms with van der Waals surface area (Å²) in [5, 5.41) is 0. The smallest absolute Gasteiger partial charge is 0.330 e. The van der Waals surface area contributed by atoms with E-state index in [2.05, 4.69) is 19.1 Å². The predicted molar refractivity (Wildman–Crippen MR) is 156 cm³/mol. The molecule has 8 heteroatoms. The number of hydrogen-bond acceptors (Lipinski definition) is 6. The molecule has 0 aliphatic rings. The lowest BCUT2D eigenvalue weighted by atomic mass is 10.0. The third kappa shape index (κ3) is 20.7. The van der Waals surface area contributed by atoms with Crippen molar-refractivity contribution in [1.82, 2.24) is 0 Å². The van der Waals surface area contributed by atoms with Crippen LogP contribution in [0.4, 0.5) is 0 Å². The molecule has 1 aromatic carbocycles. The average Bonchev–Trinajstić information content (AvgIpc) is 2.86. The minimum Gasteiger partial charge on any atom is -0.490 e. The Morgan fingerprint density at radius 1 is 0.842 bits per heavy atom. The Hall–Kier alpha value is -1.24. The molecule has 38 heavy (non-hydrogen) atoms. The number of esters is 1. The Bertz CT molecular complexity index is 710. The van der Waals surface area contributed by atoms with Gasteiger partial charge in [-0.25, -0.2) is 0 Å². The summed E-state index contributed by atoms with van der Waals surface area (Å²) in [6.45, 7) is 4.88. The summed E-state index contributed by atoms with van der Waals surface area (Å²) in [6.07, 6.45) is 16.8. The number of likely N-dealkylation sites (N-methyl/N-ethyl adjacent to an activating group) is 1. The van der Waals surface area contributed by atoms with Crippen molar-refractivity contribution in [2.75, 3.05) is 47.5 Å². The van der Waals surface area contributed by atoms with E-state index in [-0.39, 0.29) is 13.2 Å². The quantitative estimate of drug-likeness (QED) is 0.0628. The standard InChI is InChI=1S/C30H55NO6P/c1-6-7-8-9-10-11-12-13-14-15-16-17-18-28-19-21-29(22-20-28)34-25-30(37-27(2)32)26-36-38(33)35-24-23-31(3,4)5/h19-22,30,33H,6-18,23-26H2,1-5H3/q+1. The molecule has 0 aliphatic carbocycles. The number of ether oxygens (including phenoxy) is 2. The van der Waals surface area contributed by atoms with Crippen LogP contribution in [0, 0.1) is 0 Å². The molecule has 0 heterocycles. The zero-order valence-corrected chi connectivity index (χ0v) is 25.7. The van der Waals surface area contributed by atoms with E-state index in [1.807, 2.05) is 33.3 Å². The van der Waals surface area contributed by atoms with E-state index in [0.717, 1.165) is 17.4 Å². The highest BCUT2D eigenvalue weighted by Crippen LogP contribution is 2.33. The minimum atomic E-state index is -2.03. The first kappa shape index (κ1) is 34.8. The van der Waals surface area contributed by atoms with E-state index in [1.54, 1.807) is 0 Å². The van der Waals surface area contributed by atoms with E-state index in [0.29, 0.717) is 12.4 Å². The number of quaternary nitrogens is 1. The van der Waals surface area contributed by atoms with Gasteiger partial charge in [-0.15, -0.1) is 0 Å². The molecule has 2 atom stereocenters. The molecule has 0 fully saturated rings. The van der Waals surface area contributed by atoms with E-state index >= 15 is 0 Å². The molecule has 1 N–H and O–H groups in total. The van der Waals surface area contributed by atoms with Crippen molar-refractivity contribution in [1.29, 1.82) is 0 Å². The van der Waals surface area contributed by atoms with Gasteiger partial charge in [0.05, 0.1) is 27.7 Å². The van der Waals surface area contributed by atoms with Crippen LogP contribution in [-0.4, -0.2) is 69.0 Å². The van der Waals surface area contributed by atoms with Crippen LogP contribution in [0.15, 0.2) is 24.3 Å². The summed E-state index contributed by atoms with van der Waals surface area (Å²) in [6, 6.07) is 8.10. The molecule has 0 spiro atoms. The molecule has 0 saturated heterocycles. The van der Waals surface area contributed by atoms with Crippen LogP contribution in [0.1, 0.15) is 96.5 Å². The second kappa shape index (κ2) is 21.6. The topological polar surface area (TPSA) is 74.2 Å². The van der Waals surface area contributed by atoms with Gasteiger partial charge in [0.2, 0.25) is 0 Å². The van der Waals surface area contributed by atoms with Crippen molar-refractivity contribution in [3.8, 4) is 5.75 Å². The van der Waals surface area contributed by atoms with E-state index in [9.17, 15) is 9.69 Å². The van der Waals surface area contributed by atoms with E-state index in [1.165, 1.54) is 89.5 Å². The number of unbranched alkanes of at least 4 members (excludes halogenated alkanes) is 11. The fraction of sp³-hybridized carbons (Fsp3) is 0.767. The Morgan fingerprint density at radius 2 is 1.39 bits per heavy atom. The molecule has 1 aromatic rings. The van der Waals surface area contributed by atoms with Gasteiger partial charge in [-0.1, -0.05) is 89.7 Å². The molecule has 220 valence electrons. The monoisotopic (exact) mass is 556 g/mol. The van der Waals surface area contributed by atoms with Crippen molar-refractivity contribution in [3.63, 3.8) is 0 Å². The zero-order valence-electron chi connectivity index (χ0n) is 24.8. The Balaban J connectivity index is 2.21. The molecular formula is C30H55NO6P+. The van der Waals surface area contributed by atoms with Gasteiger partial charge in [0, 0.05) is 6.92 Å². The summed E-state index contributed by atoms with van der Waals surface area (Å²) in [5.74, 6) is 0.291.